The van der Waals surface area contributed by atoms with E-state index in [0.717, 1.165) is 5.69 Å². The zero-order chi connectivity index (χ0) is 56.9. The smallest absolute Gasteiger partial charge is 0.252 e. The highest BCUT2D eigenvalue weighted by Crippen LogP contribution is 2.56. The molecule has 2 aromatic heterocycles. The van der Waals surface area contributed by atoms with Crippen LogP contribution in [0.2, 0.25) is 0 Å². The Hall–Kier alpha value is -6.82. The molecule has 0 amide bonds. The summed E-state index contributed by atoms with van der Waals surface area (Å²) in [6.45, 7) is 44.8. The van der Waals surface area contributed by atoms with Crippen molar-refractivity contribution in [2.24, 2.45) is 0 Å². The van der Waals surface area contributed by atoms with Crippen LogP contribution in [0.3, 0.4) is 0 Å². The summed E-state index contributed by atoms with van der Waals surface area (Å²) in [5.41, 5.74) is 28.4. The van der Waals surface area contributed by atoms with Crippen LogP contribution in [0.1, 0.15) is 168 Å². The zero-order valence-electron chi connectivity index (χ0n) is 51.1. The number of fused-ring (bicyclic) bond motifs is 12. The summed E-state index contributed by atoms with van der Waals surface area (Å²) in [6, 6.07) is 55.8. The maximum Gasteiger partial charge on any atom is 0.252 e. The molecule has 1 aliphatic carbocycles. The molecule has 0 saturated heterocycles. The molecule has 5 heteroatoms. The SMILES string of the molecule is Cc1cc(C(C)(C)C)ccc1N(c1ccc2c(c1)N(c1cccc3c1sc1cc(C(C)(C)C)ccc13)c1cc(C(C)(C)C)cc3c1B2c1cc(C(C)(C)C)cc2c4c(n-3c12)-c1ccccc1C4(C)C)c1ccc(C(C)(C)C)cc1C. The lowest BCUT2D eigenvalue weighted by Crippen LogP contribution is -2.60. The van der Waals surface area contributed by atoms with Crippen LogP contribution < -0.4 is 26.2 Å². The molecule has 0 atom stereocenters. The van der Waals surface area contributed by atoms with Gasteiger partial charge < -0.3 is 14.4 Å². The van der Waals surface area contributed by atoms with E-state index in [9.17, 15) is 0 Å². The number of benzene rings is 8. The minimum Gasteiger partial charge on any atom is -0.310 e. The van der Waals surface area contributed by atoms with Gasteiger partial charge in [0.2, 0.25) is 0 Å². The molecular formula is C75H80BN3S. The largest absolute Gasteiger partial charge is 0.310 e. The lowest BCUT2D eigenvalue weighted by Gasteiger charge is -2.42. The van der Waals surface area contributed by atoms with Gasteiger partial charge in [-0.3, -0.25) is 0 Å². The molecule has 4 heterocycles. The monoisotopic (exact) mass is 1070 g/mol. The van der Waals surface area contributed by atoms with Crippen molar-refractivity contribution in [1.82, 2.24) is 4.57 Å². The Labute approximate surface area is 481 Å². The first-order chi connectivity index (χ1) is 37.4. The van der Waals surface area contributed by atoms with Gasteiger partial charge in [0.1, 0.15) is 0 Å². The van der Waals surface area contributed by atoms with Gasteiger partial charge in [-0.05, 0) is 162 Å². The number of aryl methyl sites for hydroxylation is 2. The van der Waals surface area contributed by atoms with Crippen LogP contribution in [0, 0.1) is 13.8 Å². The topological polar surface area (TPSA) is 11.4 Å². The Bertz CT molecular complexity index is 4210. The van der Waals surface area contributed by atoms with Crippen molar-refractivity contribution in [1.29, 1.82) is 0 Å². The summed E-state index contributed by atoms with van der Waals surface area (Å²) in [5, 5.41) is 4.01. The highest BCUT2D eigenvalue weighted by Gasteiger charge is 2.48. The molecule has 80 heavy (non-hydrogen) atoms. The molecule has 2 aliphatic heterocycles. The molecule has 0 N–H and O–H groups in total. The van der Waals surface area contributed by atoms with Gasteiger partial charge in [0.15, 0.2) is 0 Å². The summed E-state index contributed by atoms with van der Waals surface area (Å²) in [7, 11) is 0. The predicted octanol–water partition coefficient (Wildman–Crippen LogP) is 19.5. The van der Waals surface area contributed by atoms with Crippen molar-refractivity contribution in [3.63, 3.8) is 0 Å². The van der Waals surface area contributed by atoms with E-state index in [1.165, 1.54) is 143 Å². The van der Waals surface area contributed by atoms with E-state index in [1.807, 2.05) is 11.3 Å². The van der Waals surface area contributed by atoms with Crippen molar-refractivity contribution < 1.29 is 0 Å². The van der Waals surface area contributed by atoms with E-state index in [1.54, 1.807) is 0 Å². The molecule has 404 valence electrons. The number of nitrogens with zero attached hydrogens (tertiary/aromatic N) is 3. The third-order valence-corrected chi connectivity index (χ3v) is 19.7. The molecule has 3 nitrogen and oxygen atoms in total. The van der Waals surface area contributed by atoms with Gasteiger partial charge in [-0.2, -0.15) is 0 Å². The molecular weight excluding hydrogens is 986 g/mol. The van der Waals surface area contributed by atoms with E-state index in [4.69, 9.17) is 0 Å². The highest BCUT2D eigenvalue weighted by atomic mass is 32.1. The lowest BCUT2D eigenvalue weighted by molar-refractivity contribution is 0.589. The third kappa shape index (κ3) is 7.79. The van der Waals surface area contributed by atoms with Gasteiger partial charge in [-0.15, -0.1) is 11.3 Å². The van der Waals surface area contributed by atoms with Crippen LogP contribution in [0.15, 0.2) is 140 Å². The summed E-state index contributed by atoms with van der Waals surface area (Å²) in [4.78, 5) is 5.28. The number of hydrogen-bond donors (Lipinski definition) is 0. The maximum atomic E-state index is 2.74. The molecule has 8 aromatic carbocycles. The molecule has 0 bridgehead atoms. The van der Waals surface area contributed by atoms with Crippen molar-refractivity contribution in [3.05, 3.63) is 190 Å². The number of rotatable bonds is 4. The van der Waals surface area contributed by atoms with E-state index in [-0.39, 0.29) is 39.2 Å². The normalized spacial score (nSPS) is 14.7. The standard InChI is InChI=1S/C75H80BN3S/c1-43-35-45(70(3,4)5)28-33-58(43)77(59-34-29-46(36-44(59)2)71(6,7)8)50-30-32-56-61(42-50)78(60-26-22-24-52-51-31-27-47(72(9,10)11)41-64(51)80-69(52)60)62-39-49(74(15,16)17)40-63-66(62)76(56)57-38-48(73(12,13)14)37-54-65-68(79(63)67(54)57)53-23-20-21-25-55(53)75(65,18)19/h20-42H,1-19H3. The van der Waals surface area contributed by atoms with Crippen LogP contribution in [0.25, 0.3) is 48.0 Å². The molecule has 0 spiro atoms. The Morgan fingerprint density at radius 2 is 1.04 bits per heavy atom. The van der Waals surface area contributed by atoms with E-state index in [2.05, 4.69) is 285 Å². The minimum atomic E-state index is -0.202. The van der Waals surface area contributed by atoms with Gasteiger partial charge in [-0.25, -0.2) is 0 Å². The quantitative estimate of drug-likeness (QED) is 0.163. The van der Waals surface area contributed by atoms with Gasteiger partial charge in [-0.1, -0.05) is 203 Å². The summed E-state index contributed by atoms with van der Waals surface area (Å²) in [5.74, 6) is 0. The molecule has 13 rings (SSSR count). The Balaban J connectivity index is 1.18. The second kappa shape index (κ2) is 17.1. The fourth-order valence-electron chi connectivity index (χ4n) is 13.9. The van der Waals surface area contributed by atoms with E-state index in [0.29, 0.717) is 0 Å². The summed E-state index contributed by atoms with van der Waals surface area (Å²) >= 11 is 1.95. The Kier molecular flexibility index (Phi) is 11.2. The van der Waals surface area contributed by atoms with Crippen molar-refractivity contribution in [2.75, 3.05) is 9.80 Å². The molecule has 0 saturated carbocycles. The number of anilines is 6. The van der Waals surface area contributed by atoms with Crippen molar-refractivity contribution >= 4 is 99.6 Å². The Morgan fingerprint density at radius 1 is 0.463 bits per heavy atom. The zero-order valence-corrected chi connectivity index (χ0v) is 51.9. The van der Waals surface area contributed by atoms with Crippen LogP contribution in [0.5, 0.6) is 0 Å². The first kappa shape index (κ1) is 52.6. The number of thiophene rings is 1. The first-order valence-corrected chi connectivity index (χ1v) is 30.2. The second-order valence-electron chi connectivity index (χ2n) is 29.7. The number of aromatic nitrogens is 1. The third-order valence-electron chi connectivity index (χ3n) is 18.5. The average molecular weight is 1070 g/mol. The maximum absolute atomic E-state index is 2.74. The minimum absolute atomic E-state index is 0.0135. The van der Waals surface area contributed by atoms with Gasteiger partial charge in [0.25, 0.3) is 6.71 Å². The van der Waals surface area contributed by atoms with Crippen LogP contribution >= 0.6 is 11.3 Å². The fourth-order valence-corrected chi connectivity index (χ4v) is 15.1. The molecule has 10 aromatic rings. The van der Waals surface area contributed by atoms with E-state index < -0.39 is 0 Å². The van der Waals surface area contributed by atoms with Crippen molar-refractivity contribution in [2.45, 2.75) is 164 Å². The second-order valence-corrected chi connectivity index (χ2v) is 30.7. The fraction of sp³-hybridized carbons (Fsp3) is 0.333. The van der Waals surface area contributed by atoms with Crippen molar-refractivity contribution in [3.8, 4) is 16.9 Å². The van der Waals surface area contributed by atoms with E-state index >= 15 is 0 Å². The molecule has 3 aliphatic rings. The van der Waals surface area contributed by atoms with Gasteiger partial charge in [0, 0.05) is 71.5 Å². The van der Waals surface area contributed by atoms with Crippen LogP contribution in [-0.2, 0) is 32.5 Å². The summed E-state index contributed by atoms with van der Waals surface area (Å²) in [6.07, 6.45) is 0. The highest BCUT2D eigenvalue weighted by molar-refractivity contribution is 7.26. The molecule has 0 unspecified atom stereocenters. The Morgan fingerprint density at radius 3 is 1.65 bits per heavy atom. The predicted molar refractivity (Wildman–Crippen MR) is 351 cm³/mol. The van der Waals surface area contributed by atoms with Crippen LogP contribution in [-0.4, -0.2) is 11.3 Å². The van der Waals surface area contributed by atoms with Gasteiger partial charge in [0.05, 0.1) is 16.1 Å². The molecule has 0 radical (unpaired) electrons. The first-order valence-electron chi connectivity index (χ1n) is 29.4. The molecule has 0 fully saturated rings. The van der Waals surface area contributed by atoms with Gasteiger partial charge >= 0.3 is 0 Å². The van der Waals surface area contributed by atoms with Crippen LogP contribution in [0.4, 0.5) is 34.1 Å². The summed E-state index contributed by atoms with van der Waals surface area (Å²) < 4.78 is 5.38. The number of hydrogen-bond acceptors (Lipinski definition) is 3. The average Bonchev–Trinajstić information content (AvgIpc) is 4.12. The lowest BCUT2D eigenvalue weighted by atomic mass is 9.33.